The second-order valence-electron chi connectivity index (χ2n) is 6.82. The Morgan fingerprint density at radius 2 is 2.00 bits per heavy atom. The van der Waals surface area contributed by atoms with Crippen LogP contribution in [-0.2, 0) is 22.4 Å². The number of nitrogens with one attached hydrogen (secondary N) is 1. The summed E-state index contributed by atoms with van der Waals surface area (Å²) in [5, 5.41) is 3.77. The van der Waals surface area contributed by atoms with Crippen molar-refractivity contribution in [1.82, 2.24) is 5.32 Å². The first kappa shape index (κ1) is 19.4. The number of rotatable bonds is 10. The fraction of sp³-hybridized carbons (Fsp3) is 0.524. The zero-order valence-corrected chi connectivity index (χ0v) is 15.8. The normalized spacial score (nSPS) is 12.9. The Bertz CT molecular complexity index is 842. The predicted octanol–water partition coefficient (Wildman–Crippen LogP) is 2.98. The molecule has 0 radical (unpaired) electrons. The number of fused-ring (bicyclic) bond motifs is 3. The molecular formula is C21H27NO5. The summed E-state index contributed by atoms with van der Waals surface area (Å²) in [4.78, 5) is 23.9. The van der Waals surface area contributed by atoms with Crippen LogP contribution in [-0.4, -0.2) is 32.3 Å². The molecule has 0 spiro atoms. The third-order valence-electron chi connectivity index (χ3n) is 4.74. The molecule has 6 nitrogen and oxygen atoms in total. The number of carbonyl (C=O) groups excluding carboxylic acids is 1. The van der Waals surface area contributed by atoms with E-state index in [1.165, 1.54) is 0 Å². The Morgan fingerprint density at radius 3 is 2.85 bits per heavy atom. The van der Waals surface area contributed by atoms with Crippen LogP contribution in [0.3, 0.4) is 0 Å². The Kier molecular flexibility index (Phi) is 6.87. The number of amides is 1. The lowest BCUT2D eigenvalue weighted by molar-refractivity contribution is -0.123. The quantitative estimate of drug-likeness (QED) is 0.512. The highest BCUT2D eigenvalue weighted by Gasteiger charge is 2.19. The third kappa shape index (κ3) is 5.10. The van der Waals surface area contributed by atoms with Gasteiger partial charge in [-0.3, -0.25) is 4.79 Å². The monoisotopic (exact) mass is 373 g/mol. The Morgan fingerprint density at radius 1 is 1.19 bits per heavy atom. The summed E-state index contributed by atoms with van der Waals surface area (Å²) in [6, 6.07) is 5.41. The van der Waals surface area contributed by atoms with E-state index in [1.54, 1.807) is 6.07 Å². The average Bonchev–Trinajstić information content (AvgIpc) is 3.16. The van der Waals surface area contributed by atoms with Crippen molar-refractivity contribution < 1.29 is 18.7 Å². The van der Waals surface area contributed by atoms with Gasteiger partial charge in [0.15, 0.2) is 6.61 Å². The minimum atomic E-state index is -0.258. The molecule has 6 heteroatoms. The highest BCUT2D eigenvalue weighted by atomic mass is 16.5. The highest BCUT2D eigenvalue weighted by molar-refractivity contribution is 5.83. The van der Waals surface area contributed by atoms with Crippen LogP contribution < -0.4 is 15.7 Å². The molecule has 0 bridgehead atoms. The van der Waals surface area contributed by atoms with E-state index >= 15 is 0 Å². The van der Waals surface area contributed by atoms with Gasteiger partial charge in [0.2, 0.25) is 0 Å². The average molecular weight is 373 g/mol. The number of hydrogen-bond donors (Lipinski definition) is 1. The molecule has 1 aromatic carbocycles. The van der Waals surface area contributed by atoms with Crippen LogP contribution in [0.1, 0.15) is 43.7 Å². The summed E-state index contributed by atoms with van der Waals surface area (Å²) in [6.45, 7) is 4.04. The SMILES string of the molecule is CCCCOCCCNC(=O)COc1ccc2c3c(c(=O)oc2c1)CCC3. The second-order valence-corrected chi connectivity index (χ2v) is 6.82. The Labute approximate surface area is 158 Å². The van der Waals surface area contributed by atoms with Gasteiger partial charge in [0, 0.05) is 36.8 Å². The maximum Gasteiger partial charge on any atom is 0.339 e. The van der Waals surface area contributed by atoms with E-state index < -0.39 is 0 Å². The first-order valence-corrected chi connectivity index (χ1v) is 9.75. The molecule has 27 heavy (non-hydrogen) atoms. The van der Waals surface area contributed by atoms with Crippen LogP contribution in [0.25, 0.3) is 11.0 Å². The fourth-order valence-corrected chi connectivity index (χ4v) is 3.30. The van der Waals surface area contributed by atoms with Crippen molar-refractivity contribution in [2.75, 3.05) is 26.4 Å². The second kappa shape index (κ2) is 9.55. The molecule has 1 aliphatic rings. The van der Waals surface area contributed by atoms with Gasteiger partial charge in [-0.1, -0.05) is 13.3 Å². The van der Waals surface area contributed by atoms with Crippen LogP contribution in [0.5, 0.6) is 5.75 Å². The lowest BCUT2D eigenvalue weighted by atomic mass is 10.1. The van der Waals surface area contributed by atoms with Crippen molar-refractivity contribution in [3.05, 3.63) is 39.7 Å². The van der Waals surface area contributed by atoms with Crippen LogP contribution in [0, 0.1) is 0 Å². The van der Waals surface area contributed by atoms with Gasteiger partial charge in [0.1, 0.15) is 11.3 Å². The number of hydrogen-bond acceptors (Lipinski definition) is 5. The number of benzene rings is 1. The zero-order valence-electron chi connectivity index (χ0n) is 15.8. The minimum Gasteiger partial charge on any atom is -0.484 e. The summed E-state index contributed by atoms with van der Waals surface area (Å²) in [6.07, 6.45) is 5.64. The van der Waals surface area contributed by atoms with Gasteiger partial charge in [0.05, 0.1) is 0 Å². The molecule has 2 aromatic rings. The van der Waals surface area contributed by atoms with E-state index in [4.69, 9.17) is 13.9 Å². The lowest BCUT2D eigenvalue weighted by Crippen LogP contribution is -2.30. The molecule has 0 saturated carbocycles. The Hall–Kier alpha value is -2.34. The molecule has 146 valence electrons. The van der Waals surface area contributed by atoms with E-state index in [-0.39, 0.29) is 18.1 Å². The van der Waals surface area contributed by atoms with Crippen LogP contribution in [0.2, 0.25) is 0 Å². The summed E-state index contributed by atoms with van der Waals surface area (Å²) < 4.78 is 16.4. The first-order chi connectivity index (χ1) is 13.2. The third-order valence-corrected chi connectivity index (χ3v) is 4.74. The maximum absolute atomic E-state index is 12.1. The van der Waals surface area contributed by atoms with Gasteiger partial charge in [-0.25, -0.2) is 4.79 Å². The Balaban J connectivity index is 1.47. The molecule has 1 amide bonds. The minimum absolute atomic E-state index is 0.0721. The van der Waals surface area contributed by atoms with Gasteiger partial charge in [0.25, 0.3) is 5.91 Å². The number of carbonyl (C=O) groups is 1. The molecule has 0 aliphatic heterocycles. The summed E-state index contributed by atoms with van der Waals surface area (Å²) >= 11 is 0. The number of ether oxygens (including phenoxy) is 2. The summed E-state index contributed by atoms with van der Waals surface area (Å²) in [5.41, 5.74) is 2.15. The van der Waals surface area contributed by atoms with Crippen molar-refractivity contribution in [3.63, 3.8) is 0 Å². The van der Waals surface area contributed by atoms with E-state index in [0.29, 0.717) is 24.5 Å². The van der Waals surface area contributed by atoms with E-state index in [1.807, 2.05) is 12.1 Å². The van der Waals surface area contributed by atoms with Crippen molar-refractivity contribution >= 4 is 16.9 Å². The van der Waals surface area contributed by atoms with Crippen molar-refractivity contribution in [2.24, 2.45) is 0 Å². The van der Waals surface area contributed by atoms with Crippen molar-refractivity contribution in [2.45, 2.75) is 45.4 Å². The van der Waals surface area contributed by atoms with Gasteiger partial charge >= 0.3 is 5.63 Å². The highest BCUT2D eigenvalue weighted by Crippen LogP contribution is 2.29. The van der Waals surface area contributed by atoms with Gasteiger partial charge in [-0.15, -0.1) is 0 Å². The molecule has 0 atom stereocenters. The molecule has 0 fully saturated rings. The molecule has 1 heterocycles. The summed E-state index contributed by atoms with van der Waals surface area (Å²) in [5.74, 6) is 0.334. The van der Waals surface area contributed by atoms with E-state index in [9.17, 15) is 9.59 Å². The topological polar surface area (TPSA) is 77.8 Å². The van der Waals surface area contributed by atoms with Gasteiger partial charge in [-0.05, 0) is 49.8 Å². The lowest BCUT2D eigenvalue weighted by Gasteiger charge is -2.09. The fourth-order valence-electron chi connectivity index (χ4n) is 3.30. The molecule has 3 rings (SSSR count). The van der Waals surface area contributed by atoms with Crippen LogP contribution >= 0.6 is 0 Å². The molecule has 1 aliphatic carbocycles. The molecule has 1 aromatic heterocycles. The smallest absolute Gasteiger partial charge is 0.339 e. The molecular weight excluding hydrogens is 346 g/mol. The molecule has 0 saturated heterocycles. The van der Waals surface area contributed by atoms with Gasteiger partial charge < -0.3 is 19.2 Å². The first-order valence-electron chi connectivity index (χ1n) is 9.75. The van der Waals surface area contributed by atoms with Crippen LogP contribution in [0.15, 0.2) is 27.4 Å². The number of aryl methyl sites for hydroxylation is 1. The van der Waals surface area contributed by atoms with Gasteiger partial charge in [-0.2, -0.15) is 0 Å². The molecule has 0 unspecified atom stereocenters. The molecule has 1 N–H and O–H groups in total. The zero-order chi connectivity index (χ0) is 19.1. The van der Waals surface area contributed by atoms with E-state index in [2.05, 4.69) is 12.2 Å². The van der Waals surface area contributed by atoms with Crippen molar-refractivity contribution in [1.29, 1.82) is 0 Å². The van der Waals surface area contributed by atoms with Crippen molar-refractivity contribution in [3.8, 4) is 5.75 Å². The van der Waals surface area contributed by atoms with Crippen LogP contribution in [0.4, 0.5) is 0 Å². The summed E-state index contributed by atoms with van der Waals surface area (Å²) in [7, 11) is 0. The number of unbranched alkanes of at least 4 members (excludes halogenated alkanes) is 1. The largest absolute Gasteiger partial charge is 0.484 e. The predicted molar refractivity (Wildman–Crippen MR) is 103 cm³/mol. The maximum atomic E-state index is 12.1. The standard InChI is InChI=1S/C21H27NO5/c1-2-3-11-25-12-5-10-22-20(23)14-26-15-8-9-17-16-6-4-7-18(16)21(24)27-19(17)13-15/h8-9,13H,2-7,10-12,14H2,1H3,(H,22,23). The van der Waals surface area contributed by atoms with E-state index in [0.717, 1.165) is 61.6 Å².